The van der Waals surface area contributed by atoms with Crippen molar-refractivity contribution < 1.29 is 27.5 Å². The Kier molecular flexibility index (Phi) is 10.7. The summed E-state index contributed by atoms with van der Waals surface area (Å²) in [5.74, 6) is -0.157. The van der Waals surface area contributed by atoms with E-state index in [0.29, 0.717) is 61.9 Å². The molecule has 1 aromatic carbocycles. The molecule has 2 saturated heterocycles. The molecule has 0 bridgehead atoms. The molecule has 8 rings (SSSR count). The Hall–Kier alpha value is -5.06. The molecule has 2 amide bonds. The Morgan fingerprint density at radius 2 is 1.84 bits per heavy atom. The monoisotopic (exact) mass is 802 g/mol. The number of fused-ring (bicyclic) bond motifs is 3. The summed E-state index contributed by atoms with van der Waals surface area (Å²) >= 11 is 1.61. The second-order valence-corrected chi connectivity index (χ2v) is 16.2. The number of ether oxygens (including phenoxy) is 1. The van der Waals surface area contributed by atoms with Crippen molar-refractivity contribution in [3.8, 4) is 11.3 Å². The minimum Gasteiger partial charge on any atom is -0.381 e. The van der Waals surface area contributed by atoms with Crippen LogP contribution < -0.4 is 26.0 Å². The Balaban J connectivity index is 1.08. The zero-order valence-electron chi connectivity index (χ0n) is 32.0. The molecule has 0 radical (unpaired) electrons. The largest absolute Gasteiger partial charge is 0.409 e. The molecule has 1 atom stereocenters. The number of hydrogen-bond donors (Lipinski definition) is 2. The van der Waals surface area contributed by atoms with Crippen LogP contribution in [0, 0.1) is 6.92 Å². The first kappa shape index (κ1) is 38.8. The number of carbonyl (C=O) groups is 2. The third-order valence-corrected chi connectivity index (χ3v) is 12.9. The molecule has 1 unspecified atom stereocenters. The van der Waals surface area contributed by atoms with Crippen LogP contribution in [-0.2, 0) is 35.8 Å². The van der Waals surface area contributed by atoms with Crippen molar-refractivity contribution >= 4 is 51.8 Å². The summed E-state index contributed by atoms with van der Waals surface area (Å²) in [6.07, 6.45) is 6.20. The quantitative estimate of drug-likeness (QED) is 0.195. The number of alkyl halides is 3. The SMILES string of the molecule is C=CC(=O)Nc1cc(Nc2nc(-c3ccnc(N4CCc5c(sc6c5CCCC6)C4=O)c3C)cn(C)c2=O)ccc1N1CCN(C2CCOCC2)CC1C(F)(F)F. The number of pyridine rings is 1. The van der Waals surface area contributed by atoms with Crippen LogP contribution >= 0.6 is 11.3 Å². The molecule has 300 valence electrons. The van der Waals surface area contributed by atoms with Crippen LogP contribution in [0.3, 0.4) is 0 Å². The van der Waals surface area contributed by atoms with Gasteiger partial charge in [0.2, 0.25) is 5.91 Å². The van der Waals surface area contributed by atoms with Crippen LogP contribution in [-0.4, -0.2) is 88.9 Å². The lowest BCUT2D eigenvalue weighted by Crippen LogP contribution is -2.61. The Morgan fingerprint density at radius 3 is 2.61 bits per heavy atom. The number of thiophene rings is 1. The standard InChI is InChI=1S/C41H45F3N8O4S/c1-4-35(53)47-30-21-25(9-10-32(30)51-18-17-50(23-34(51)41(42,43)44)26-13-19-56-20-14-26)46-37-40(55)49(3)22-31(48-37)27-11-15-45-38(24(27)2)52-16-12-29-28-7-5-6-8-33(28)57-36(29)39(52)54/h4,9-11,15,21-22,26,34H,1,5-8,12-14,16-20,23H2,2-3H3,(H,46,48)(H,47,53). The highest BCUT2D eigenvalue weighted by Crippen LogP contribution is 2.41. The molecule has 2 N–H and O–H groups in total. The molecule has 0 saturated carbocycles. The summed E-state index contributed by atoms with van der Waals surface area (Å²) in [6.45, 7) is 7.24. The van der Waals surface area contributed by atoms with Gasteiger partial charge in [-0.05, 0) is 93.3 Å². The van der Waals surface area contributed by atoms with E-state index in [1.54, 1.807) is 47.8 Å². The van der Waals surface area contributed by atoms with E-state index >= 15 is 0 Å². The average molecular weight is 803 g/mol. The molecule has 0 spiro atoms. The lowest BCUT2D eigenvalue weighted by atomic mass is 9.92. The van der Waals surface area contributed by atoms with E-state index in [2.05, 4.69) is 22.2 Å². The van der Waals surface area contributed by atoms with E-state index in [1.165, 1.54) is 37.6 Å². The Morgan fingerprint density at radius 1 is 1.05 bits per heavy atom. The van der Waals surface area contributed by atoms with Gasteiger partial charge >= 0.3 is 6.18 Å². The number of benzene rings is 1. The topological polar surface area (TPSA) is 125 Å². The number of aryl methyl sites for hydroxylation is 2. The third-order valence-electron chi connectivity index (χ3n) is 11.6. The predicted octanol–water partition coefficient (Wildman–Crippen LogP) is 6.39. The van der Waals surface area contributed by atoms with Crippen LogP contribution in [0.1, 0.15) is 56.9 Å². The van der Waals surface area contributed by atoms with Gasteiger partial charge in [0, 0.05) is 86.6 Å². The second-order valence-electron chi connectivity index (χ2n) is 15.1. The van der Waals surface area contributed by atoms with Crippen molar-refractivity contribution in [3.05, 3.63) is 86.1 Å². The van der Waals surface area contributed by atoms with E-state index < -0.39 is 23.7 Å². The Bertz CT molecular complexity index is 2280. The van der Waals surface area contributed by atoms with Crippen molar-refractivity contribution in [1.82, 2.24) is 19.4 Å². The van der Waals surface area contributed by atoms with Crippen molar-refractivity contribution in [3.63, 3.8) is 0 Å². The molecular formula is C41H45F3N8O4S. The first-order valence-electron chi connectivity index (χ1n) is 19.4. The number of carbonyl (C=O) groups excluding carboxylic acids is 2. The molecule has 3 aliphatic heterocycles. The van der Waals surface area contributed by atoms with Crippen LogP contribution in [0.15, 0.2) is 54.1 Å². The Labute approximate surface area is 332 Å². The van der Waals surface area contributed by atoms with Gasteiger partial charge in [-0.25, -0.2) is 9.97 Å². The van der Waals surface area contributed by atoms with Gasteiger partial charge < -0.3 is 24.8 Å². The number of rotatable bonds is 8. The van der Waals surface area contributed by atoms with Crippen molar-refractivity contribution in [1.29, 1.82) is 0 Å². The third kappa shape index (κ3) is 7.57. The zero-order valence-corrected chi connectivity index (χ0v) is 32.8. The molecule has 16 heteroatoms. The number of piperazine rings is 1. The molecular weight excluding hydrogens is 758 g/mol. The first-order valence-corrected chi connectivity index (χ1v) is 20.2. The van der Waals surface area contributed by atoms with Gasteiger partial charge in [0.25, 0.3) is 11.5 Å². The van der Waals surface area contributed by atoms with Gasteiger partial charge in [0.15, 0.2) is 5.82 Å². The smallest absolute Gasteiger partial charge is 0.381 e. The van der Waals surface area contributed by atoms with Gasteiger partial charge in [0.05, 0.1) is 21.9 Å². The molecule has 3 aromatic heterocycles. The van der Waals surface area contributed by atoms with Crippen molar-refractivity contribution in [2.75, 3.05) is 59.8 Å². The second kappa shape index (κ2) is 15.7. The summed E-state index contributed by atoms with van der Waals surface area (Å²) in [5, 5.41) is 5.74. The number of nitrogens with one attached hydrogen (secondary N) is 2. The lowest BCUT2D eigenvalue weighted by Gasteiger charge is -2.47. The first-order chi connectivity index (χ1) is 27.4. The predicted molar refractivity (Wildman–Crippen MR) is 215 cm³/mol. The van der Waals surface area contributed by atoms with E-state index in [0.717, 1.165) is 48.6 Å². The van der Waals surface area contributed by atoms with Gasteiger partial charge in [0.1, 0.15) is 11.9 Å². The van der Waals surface area contributed by atoms with Crippen LogP contribution in [0.5, 0.6) is 0 Å². The highest BCUT2D eigenvalue weighted by atomic mass is 32.1. The molecule has 6 heterocycles. The molecule has 1 aliphatic carbocycles. The summed E-state index contributed by atoms with van der Waals surface area (Å²) in [4.78, 5) is 56.4. The van der Waals surface area contributed by atoms with Crippen LogP contribution in [0.4, 0.5) is 41.9 Å². The summed E-state index contributed by atoms with van der Waals surface area (Å²) in [6, 6.07) is 4.57. The zero-order chi connectivity index (χ0) is 40.0. The minimum absolute atomic E-state index is 0.0116. The number of halogens is 3. The number of nitrogens with zero attached hydrogens (tertiary/aromatic N) is 6. The highest BCUT2D eigenvalue weighted by molar-refractivity contribution is 7.14. The summed E-state index contributed by atoms with van der Waals surface area (Å²) in [7, 11) is 1.60. The average Bonchev–Trinajstić information content (AvgIpc) is 3.59. The molecule has 4 aliphatic rings. The van der Waals surface area contributed by atoms with Crippen LogP contribution in [0.25, 0.3) is 11.3 Å². The van der Waals surface area contributed by atoms with Crippen molar-refractivity contribution in [2.45, 2.75) is 70.1 Å². The number of aromatic nitrogens is 3. The maximum atomic E-state index is 14.7. The number of hydrogen-bond acceptors (Lipinski definition) is 10. The van der Waals surface area contributed by atoms with Gasteiger partial charge in [-0.2, -0.15) is 13.2 Å². The van der Waals surface area contributed by atoms with E-state index in [4.69, 9.17) is 9.72 Å². The summed E-state index contributed by atoms with van der Waals surface area (Å²) < 4.78 is 51.0. The fourth-order valence-electron chi connectivity index (χ4n) is 8.65. The molecule has 12 nitrogen and oxygen atoms in total. The summed E-state index contributed by atoms with van der Waals surface area (Å²) in [5.41, 5.74) is 4.60. The van der Waals surface area contributed by atoms with Crippen molar-refractivity contribution in [2.24, 2.45) is 7.05 Å². The maximum Gasteiger partial charge on any atom is 0.409 e. The van der Waals surface area contributed by atoms with E-state index in [9.17, 15) is 27.6 Å². The molecule has 2 fully saturated rings. The highest BCUT2D eigenvalue weighted by Gasteiger charge is 2.48. The van der Waals surface area contributed by atoms with E-state index in [-0.39, 0.29) is 42.2 Å². The normalized spacial score (nSPS) is 19.2. The fourth-order valence-corrected chi connectivity index (χ4v) is 10.0. The lowest BCUT2D eigenvalue weighted by molar-refractivity contribution is -0.159. The number of amides is 2. The number of anilines is 5. The fraction of sp³-hybridized carbons (Fsp3) is 0.439. The molecule has 57 heavy (non-hydrogen) atoms. The van der Waals surface area contributed by atoms with Crippen LogP contribution in [0.2, 0.25) is 0 Å². The van der Waals surface area contributed by atoms with Gasteiger partial charge in [-0.1, -0.05) is 6.58 Å². The maximum absolute atomic E-state index is 14.7. The minimum atomic E-state index is -4.55. The van der Waals surface area contributed by atoms with Gasteiger partial charge in [-0.15, -0.1) is 11.3 Å². The van der Waals surface area contributed by atoms with E-state index in [1.807, 2.05) is 11.8 Å². The van der Waals surface area contributed by atoms with Gasteiger partial charge in [-0.3, -0.25) is 24.2 Å². The molecule has 4 aromatic rings.